The van der Waals surface area contributed by atoms with Gasteiger partial charge in [0.15, 0.2) is 0 Å². The Bertz CT molecular complexity index is 914. The number of H-pyrrole nitrogens is 1. The van der Waals surface area contributed by atoms with Gasteiger partial charge in [-0.3, -0.25) is 4.79 Å². The average molecular weight is 288 g/mol. The Morgan fingerprint density at radius 2 is 2.05 bits per heavy atom. The summed E-state index contributed by atoms with van der Waals surface area (Å²) in [4.78, 5) is 18.3. The van der Waals surface area contributed by atoms with E-state index in [9.17, 15) is 4.79 Å². The van der Waals surface area contributed by atoms with E-state index in [-0.39, 0.29) is 0 Å². The molecule has 0 saturated carbocycles. The lowest BCUT2D eigenvalue weighted by molar-refractivity contribution is -0.113. The van der Waals surface area contributed by atoms with Crippen molar-refractivity contribution in [3.8, 4) is 17.2 Å². The lowest BCUT2D eigenvalue weighted by Gasteiger charge is -2.02. The van der Waals surface area contributed by atoms with E-state index in [1.807, 2.05) is 18.2 Å². The second-order valence-corrected chi connectivity index (χ2v) is 4.79. The van der Waals surface area contributed by atoms with Crippen LogP contribution in [0.2, 0.25) is 0 Å². The second-order valence-electron chi connectivity index (χ2n) is 4.79. The molecule has 0 unspecified atom stereocenters. The summed E-state index contributed by atoms with van der Waals surface area (Å²) in [5.74, 6) is -0.495. The van der Waals surface area contributed by atoms with Gasteiger partial charge >= 0.3 is 0 Å². The molecule has 5 nitrogen and oxygen atoms in total. The zero-order chi connectivity index (χ0) is 15.5. The summed E-state index contributed by atoms with van der Waals surface area (Å²) < 4.78 is 0. The molecule has 0 bridgehead atoms. The summed E-state index contributed by atoms with van der Waals surface area (Å²) in [6.07, 6.45) is 6.52. The molecular formula is C17H12N4O. The van der Waals surface area contributed by atoms with Gasteiger partial charge in [-0.25, -0.2) is 4.98 Å². The number of amides is 1. The number of nitrogens with one attached hydrogen (secondary N) is 1. The van der Waals surface area contributed by atoms with E-state index in [0.29, 0.717) is 5.56 Å². The third kappa shape index (κ3) is 2.58. The molecule has 2 aromatic heterocycles. The minimum atomic E-state index is -0.495. The van der Waals surface area contributed by atoms with Gasteiger partial charge in [0, 0.05) is 35.0 Å². The smallest absolute Gasteiger partial charge is 0.241 e. The summed E-state index contributed by atoms with van der Waals surface area (Å²) in [6, 6.07) is 11.4. The molecule has 3 rings (SSSR count). The van der Waals surface area contributed by atoms with Crippen LogP contribution in [0.4, 0.5) is 0 Å². The van der Waals surface area contributed by atoms with Gasteiger partial charge in [0.1, 0.15) is 5.65 Å². The van der Waals surface area contributed by atoms with Crippen LogP contribution in [-0.2, 0) is 4.79 Å². The lowest BCUT2D eigenvalue weighted by Crippen LogP contribution is -2.04. The van der Waals surface area contributed by atoms with Gasteiger partial charge in [0.25, 0.3) is 0 Å². The summed E-state index contributed by atoms with van der Waals surface area (Å²) in [5.41, 5.74) is 9.23. The maximum Gasteiger partial charge on any atom is 0.241 e. The molecule has 0 fully saturated rings. The largest absolute Gasteiger partial charge is 0.366 e. The number of nitriles is 1. The van der Waals surface area contributed by atoms with Gasteiger partial charge < -0.3 is 10.7 Å². The number of hydrogen-bond donors (Lipinski definition) is 2. The van der Waals surface area contributed by atoms with E-state index >= 15 is 0 Å². The van der Waals surface area contributed by atoms with Crippen molar-refractivity contribution >= 4 is 23.0 Å². The van der Waals surface area contributed by atoms with Crippen LogP contribution in [0.5, 0.6) is 0 Å². The maximum atomic E-state index is 10.9. The fourth-order valence-corrected chi connectivity index (χ4v) is 2.23. The normalized spacial score (nSPS) is 10.9. The minimum absolute atomic E-state index is 0.495. The Hall–Kier alpha value is -3.39. The second kappa shape index (κ2) is 5.54. The van der Waals surface area contributed by atoms with Crippen LogP contribution >= 0.6 is 0 Å². The molecule has 0 aliphatic carbocycles. The molecule has 1 aromatic carbocycles. The molecule has 0 radical (unpaired) electrons. The SMILES string of the molecule is N#Cc1ccc(-c2cnc3[nH]cc(/C=C/C(N)=O)c3c2)cc1. The van der Waals surface area contributed by atoms with Gasteiger partial charge in [-0.05, 0) is 29.8 Å². The molecule has 5 heteroatoms. The molecule has 0 saturated heterocycles. The van der Waals surface area contributed by atoms with Crippen molar-refractivity contribution in [2.75, 3.05) is 0 Å². The number of aromatic amines is 1. The predicted octanol–water partition coefficient (Wildman–Crippen LogP) is 2.60. The highest BCUT2D eigenvalue weighted by atomic mass is 16.1. The van der Waals surface area contributed by atoms with Crippen LogP contribution in [0.1, 0.15) is 11.1 Å². The monoisotopic (exact) mass is 288 g/mol. The molecule has 3 N–H and O–H groups in total. The number of hydrogen-bond acceptors (Lipinski definition) is 3. The third-order valence-corrected chi connectivity index (χ3v) is 3.34. The van der Waals surface area contributed by atoms with Crippen molar-refractivity contribution in [1.29, 1.82) is 5.26 Å². The fraction of sp³-hybridized carbons (Fsp3) is 0. The van der Waals surface area contributed by atoms with Gasteiger partial charge in [-0.2, -0.15) is 5.26 Å². The van der Waals surface area contributed by atoms with E-state index < -0.39 is 5.91 Å². The first-order chi connectivity index (χ1) is 10.7. The number of nitrogens with zero attached hydrogens (tertiary/aromatic N) is 2. The predicted molar refractivity (Wildman–Crippen MR) is 84.5 cm³/mol. The van der Waals surface area contributed by atoms with Crippen LogP contribution in [-0.4, -0.2) is 15.9 Å². The summed E-state index contributed by atoms with van der Waals surface area (Å²) in [7, 11) is 0. The standard InChI is InChI=1S/C17H12N4O/c18-8-11-1-3-12(4-2-11)14-7-15-13(5-6-16(19)22)9-20-17(15)21-10-14/h1-7,9-10H,(H2,19,22)(H,20,21)/b6-5+. The highest BCUT2D eigenvalue weighted by molar-refractivity contribution is 5.95. The first kappa shape index (κ1) is 13.6. The van der Waals surface area contributed by atoms with Gasteiger partial charge in [0.05, 0.1) is 11.6 Å². The maximum absolute atomic E-state index is 10.9. The Kier molecular flexibility index (Phi) is 3.42. The number of carbonyl (C=O) groups excluding carboxylic acids is 1. The van der Waals surface area contributed by atoms with Crippen molar-refractivity contribution in [1.82, 2.24) is 9.97 Å². The first-order valence-electron chi connectivity index (χ1n) is 6.62. The Morgan fingerprint density at radius 1 is 1.27 bits per heavy atom. The first-order valence-corrected chi connectivity index (χ1v) is 6.62. The van der Waals surface area contributed by atoms with E-state index in [0.717, 1.165) is 27.7 Å². The van der Waals surface area contributed by atoms with Crippen molar-refractivity contribution in [3.63, 3.8) is 0 Å². The fourth-order valence-electron chi connectivity index (χ4n) is 2.23. The van der Waals surface area contributed by atoms with Crippen molar-refractivity contribution < 1.29 is 4.79 Å². The number of nitrogens with two attached hydrogens (primary N) is 1. The summed E-state index contributed by atoms with van der Waals surface area (Å²) in [5, 5.41) is 9.74. The number of pyridine rings is 1. The lowest BCUT2D eigenvalue weighted by atomic mass is 10.0. The molecule has 0 spiro atoms. The zero-order valence-corrected chi connectivity index (χ0v) is 11.6. The number of benzene rings is 1. The highest BCUT2D eigenvalue weighted by Gasteiger charge is 2.06. The topological polar surface area (TPSA) is 95.6 Å². The summed E-state index contributed by atoms with van der Waals surface area (Å²) >= 11 is 0. The van der Waals surface area contributed by atoms with E-state index in [1.54, 1.807) is 30.6 Å². The molecule has 0 aliphatic rings. The van der Waals surface area contributed by atoms with E-state index in [4.69, 9.17) is 11.0 Å². The van der Waals surface area contributed by atoms with Gasteiger partial charge in [-0.15, -0.1) is 0 Å². The van der Waals surface area contributed by atoms with Crippen LogP contribution in [0, 0.1) is 11.3 Å². The minimum Gasteiger partial charge on any atom is -0.366 e. The quantitative estimate of drug-likeness (QED) is 0.725. The Morgan fingerprint density at radius 3 is 2.73 bits per heavy atom. The van der Waals surface area contributed by atoms with E-state index in [2.05, 4.69) is 16.0 Å². The van der Waals surface area contributed by atoms with Crippen LogP contribution in [0.25, 0.3) is 28.2 Å². The number of rotatable bonds is 3. The molecule has 1 amide bonds. The molecule has 22 heavy (non-hydrogen) atoms. The molecule has 2 heterocycles. The Labute approximate surface area is 126 Å². The molecule has 3 aromatic rings. The number of primary amides is 1. The average Bonchev–Trinajstić information content (AvgIpc) is 2.95. The molecular weight excluding hydrogens is 276 g/mol. The van der Waals surface area contributed by atoms with Crippen molar-refractivity contribution in [3.05, 3.63) is 59.9 Å². The van der Waals surface area contributed by atoms with Crippen LogP contribution < -0.4 is 5.73 Å². The van der Waals surface area contributed by atoms with Crippen LogP contribution in [0.15, 0.2) is 48.8 Å². The van der Waals surface area contributed by atoms with Crippen molar-refractivity contribution in [2.45, 2.75) is 0 Å². The third-order valence-electron chi connectivity index (χ3n) is 3.34. The van der Waals surface area contributed by atoms with Gasteiger partial charge in [0.2, 0.25) is 5.91 Å². The summed E-state index contributed by atoms with van der Waals surface area (Å²) in [6.45, 7) is 0. The number of carbonyl (C=O) groups is 1. The zero-order valence-electron chi connectivity index (χ0n) is 11.6. The van der Waals surface area contributed by atoms with Crippen LogP contribution in [0.3, 0.4) is 0 Å². The Balaban J connectivity index is 2.06. The number of fused-ring (bicyclic) bond motifs is 1. The van der Waals surface area contributed by atoms with E-state index in [1.165, 1.54) is 6.08 Å². The van der Waals surface area contributed by atoms with Crippen molar-refractivity contribution in [2.24, 2.45) is 5.73 Å². The number of aromatic nitrogens is 2. The molecule has 0 atom stereocenters. The van der Waals surface area contributed by atoms with Gasteiger partial charge in [-0.1, -0.05) is 12.1 Å². The molecule has 0 aliphatic heterocycles. The molecule has 106 valence electrons. The highest BCUT2D eigenvalue weighted by Crippen LogP contribution is 2.25.